The van der Waals surface area contributed by atoms with E-state index in [-0.39, 0.29) is 0 Å². The molecule has 1 N–H and O–H groups in total. The molecule has 1 nitrogen and oxygen atoms in total. The Labute approximate surface area is 59.9 Å². The van der Waals surface area contributed by atoms with Crippen LogP contribution in [0.1, 0.15) is 12.8 Å². The zero-order valence-electron chi connectivity index (χ0n) is 5.39. The molecule has 0 radical (unpaired) electrons. The molecule has 2 heteroatoms. The van der Waals surface area contributed by atoms with E-state index in [4.69, 9.17) is 0 Å². The summed E-state index contributed by atoms with van der Waals surface area (Å²) in [5.41, 5.74) is 0. The van der Waals surface area contributed by atoms with Crippen molar-refractivity contribution in [2.75, 3.05) is 12.3 Å². The van der Waals surface area contributed by atoms with Crippen molar-refractivity contribution in [1.82, 2.24) is 5.32 Å². The van der Waals surface area contributed by atoms with Gasteiger partial charge in [-0.1, -0.05) is 6.08 Å². The number of nitrogens with one attached hydrogen (secondary N) is 1. The molecule has 0 saturated carbocycles. The van der Waals surface area contributed by atoms with Gasteiger partial charge < -0.3 is 5.32 Å². The fourth-order valence-corrected chi connectivity index (χ4v) is 2.64. The highest BCUT2D eigenvalue weighted by Gasteiger charge is 2.22. The van der Waals surface area contributed by atoms with Crippen molar-refractivity contribution in [3.05, 3.63) is 11.0 Å². The first kappa shape index (κ1) is 5.81. The third kappa shape index (κ3) is 1.01. The molecule has 1 saturated heterocycles. The van der Waals surface area contributed by atoms with Crippen molar-refractivity contribution >= 4 is 11.8 Å². The molecule has 0 aromatic carbocycles. The van der Waals surface area contributed by atoms with Gasteiger partial charge in [0, 0.05) is 6.04 Å². The van der Waals surface area contributed by atoms with Gasteiger partial charge in [-0.3, -0.25) is 0 Å². The second-order valence-corrected chi connectivity index (χ2v) is 3.71. The molecule has 50 valence electrons. The lowest BCUT2D eigenvalue weighted by molar-refractivity contribution is 0.569. The van der Waals surface area contributed by atoms with Crippen LogP contribution in [-0.2, 0) is 0 Å². The van der Waals surface area contributed by atoms with Crippen LogP contribution >= 0.6 is 11.8 Å². The molecule has 2 heterocycles. The van der Waals surface area contributed by atoms with E-state index >= 15 is 0 Å². The van der Waals surface area contributed by atoms with Gasteiger partial charge in [-0.05, 0) is 30.0 Å². The Morgan fingerprint density at radius 1 is 1.67 bits per heavy atom. The molecule has 0 bridgehead atoms. The van der Waals surface area contributed by atoms with Gasteiger partial charge in [0.25, 0.3) is 0 Å². The Balaban J connectivity index is 2.16. The summed E-state index contributed by atoms with van der Waals surface area (Å²) < 4.78 is 0. The van der Waals surface area contributed by atoms with E-state index in [1.54, 1.807) is 4.91 Å². The van der Waals surface area contributed by atoms with E-state index < -0.39 is 0 Å². The molecule has 0 amide bonds. The molecular weight excluding hydrogens is 130 g/mol. The van der Waals surface area contributed by atoms with E-state index in [1.807, 2.05) is 11.8 Å². The van der Waals surface area contributed by atoms with Crippen LogP contribution in [0.3, 0.4) is 0 Å². The summed E-state index contributed by atoms with van der Waals surface area (Å²) in [5.74, 6) is 1.32. The van der Waals surface area contributed by atoms with Crippen LogP contribution < -0.4 is 5.32 Å². The van der Waals surface area contributed by atoms with Gasteiger partial charge in [0.15, 0.2) is 0 Å². The average molecular weight is 141 g/mol. The maximum atomic E-state index is 3.49. The van der Waals surface area contributed by atoms with Gasteiger partial charge in [0.1, 0.15) is 0 Å². The van der Waals surface area contributed by atoms with Crippen molar-refractivity contribution < 1.29 is 0 Å². The molecular formula is C7H11NS. The molecule has 1 atom stereocenters. The largest absolute Gasteiger partial charge is 0.309 e. The van der Waals surface area contributed by atoms with Gasteiger partial charge >= 0.3 is 0 Å². The monoisotopic (exact) mass is 141 g/mol. The van der Waals surface area contributed by atoms with Crippen molar-refractivity contribution in [1.29, 1.82) is 0 Å². The molecule has 9 heavy (non-hydrogen) atoms. The molecule has 0 aliphatic carbocycles. The zero-order chi connectivity index (χ0) is 6.10. The lowest BCUT2D eigenvalue weighted by Gasteiger charge is -2.17. The van der Waals surface area contributed by atoms with Gasteiger partial charge in [-0.15, -0.1) is 11.8 Å². The Kier molecular flexibility index (Phi) is 1.52. The first-order valence-electron chi connectivity index (χ1n) is 3.53. The van der Waals surface area contributed by atoms with Crippen LogP contribution in [0.4, 0.5) is 0 Å². The van der Waals surface area contributed by atoms with E-state index in [9.17, 15) is 0 Å². The van der Waals surface area contributed by atoms with E-state index in [1.165, 1.54) is 25.1 Å². The van der Waals surface area contributed by atoms with Crippen molar-refractivity contribution in [2.45, 2.75) is 18.9 Å². The molecule has 0 spiro atoms. The maximum absolute atomic E-state index is 3.49. The van der Waals surface area contributed by atoms with Gasteiger partial charge in [-0.2, -0.15) is 0 Å². The quantitative estimate of drug-likeness (QED) is 0.547. The third-order valence-electron chi connectivity index (χ3n) is 1.90. The first-order valence-corrected chi connectivity index (χ1v) is 4.51. The highest BCUT2D eigenvalue weighted by atomic mass is 32.2. The Hall–Kier alpha value is 0.0500. The van der Waals surface area contributed by atoms with Crippen molar-refractivity contribution in [2.24, 2.45) is 0 Å². The summed E-state index contributed by atoms with van der Waals surface area (Å²) in [4.78, 5) is 1.60. The summed E-state index contributed by atoms with van der Waals surface area (Å²) in [6.07, 6.45) is 4.97. The van der Waals surface area contributed by atoms with Crippen LogP contribution in [0.2, 0.25) is 0 Å². The van der Waals surface area contributed by atoms with Crippen LogP contribution in [0.15, 0.2) is 11.0 Å². The molecule has 2 aliphatic rings. The second-order valence-electron chi connectivity index (χ2n) is 2.54. The summed E-state index contributed by atoms with van der Waals surface area (Å²) >= 11 is 2.02. The molecule has 0 aromatic heterocycles. The molecule has 2 rings (SSSR count). The standard InChI is InChI=1S/C7H11NS/c1-2-7-6(8-4-1)3-5-9-7/h2,6,8H,1,3-5H2. The highest BCUT2D eigenvalue weighted by molar-refractivity contribution is 8.03. The minimum Gasteiger partial charge on any atom is -0.309 e. The number of hydrogen-bond donors (Lipinski definition) is 1. The van der Waals surface area contributed by atoms with Crippen LogP contribution in [0.5, 0.6) is 0 Å². The van der Waals surface area contributed by atoms with E-state index in [2.05, 4.69) is 11.4 Å². The summed E-state index contributed by atoms with van der Waals surface area (Å²) in [6, 6.07) is 0.740. The van der Waals surface area contributed by atoms with Crippen LogP contribution in [-0.4, -0.2) is 18.3 Å². The number of fused-ring (bicyclic) bond motifs is 1. The minimum atomic E-state index is 0.740. The fourth-order valence-electron chi connectivity index (χ4n) is 1.41. The lowest BCUT2D eigenvalue weighted by Crippen LogP contribution is -2.31. The van der Waals surface area contributed by atoms with Crippen molar-refractivity contribution in [3.8, 4) is 0 Å². The Morgan fingerprint density at radius 3 is 3.56 bits per heavy atom. The second kappa shape index (κ2) is 2.35. The number of rotatable bonds is 0. The van der Waals surface area contributed by atoms with E-state index in [0.29, 0.717) is 0 Å². The normalized spacial score (nSPS) is 33.8. The zero-order valence-corrected chi connectivity index (χ0v) is 6.21. The Morgan fingerprint density at radius 2 is 2.67 bits per heavy atom. The molecule has 0 aromatic rings. The SMILES string of the molecule is C1=C2SCCC2NCC1. The summed E-state index contributed by atoms with van der Waals surface area (Å²) in [6.45, 7) is 1.19. The smallest absolute Gasteiger partial charge is 0.0384 e. The molecule has 2 aliphatic heterocycles. The van der Waals surface area contributed by atoms with Crippen molar-refractivity contribution in [3.63, 3.8) is 0 Å². The fraction of sp³-hybridized carbons (Fsp3) is 0.714. The maximum Gasteiger partial charge on any atom is 0.0384 e. The predicted octanol–water partition coefficient (Wildman–Crippen LogP) is 1.37. The highest BCUT2D eigenvalue weighted by Crippen LogP contribution is 2.32. The number of thioether (sulfide) groups is 1. The first-order chi connectivity index (χ1) is 4.47. The summed E-state index contributed by atoms with van der Waals surface area (Å²) in [7, 11) is 0. The van der Waals surface area contributed by atoms with Crippen LogP contribution in [0.25, 0.3) is 0 Å². The summed E-state index contributed by atoms with van der Waals surface area (Å²) in [5, 5.41) is 3.49. The van der Waals surface area contributed by atoms with Gasteiger partial charge in [-0.25, -0.2) is 0 Å². The third-order valence-corrected chi connectivity index (χ3v) is 3.12. The van der Waals surface area contributed by atoms with Gasteiger partial charge in [0.2, 0.25) is 0 Å². The van der Waals surface area contributed by atoms with Gasteiger partial charge in [0.05, 0.1) is 0 Å². The average Bonchev–Trinajstić information content (AvgIpc) is 2.33. The van der Waals surface area contributed by atoms with Crippen LogP contribution in [0, 0.1) is 0 Å². The lowest BCUT2D eigenvalue weighted by atomic mass is 10.1. The predicted molar refractivity (Wildman–Crippen MR) is 41.6 cm³/mol. The number of hydrogen-bond acceptors (Lipinski definition) is 2. The molecule has 1 fully saturated rings. The minimum absolute atomic E-state index is 0.740. The molecule has 1 unspecified atom stereocenters. The topological polar surface area (TPSA) is 12.0 Å². The Bertz CT molecular complexity index is 142. The van der Waals surface area contributed by atoms with E-state index in [0.717, 1.165) is 6.04 Å².